The molecule has 0 saturated carbocycles. The monoisotopic (exact) mass is 245 g/mol. The second kappa shape index (κ2) is 4.88. The van der Waals surface area contributed by atoms with E-state index >= 15 is 0 Å². The van der Waals surface area contributed by atoms with Crippen LogP contribution in [-0.4, -0.2) is 30.6 Å². The van der Waals surface area contributed by atoms with Gasteiger partial charge in [0, 0.05) is 18.7 Å². The molecular formula is C14H19N3O. The molecule has 0 aliphatic carbocycles. The van der Waals surface area contributed by atoms with E-state index in [4.69, 9.17) is 10.5 Å². The Morgan fingerprint density at radius 2 is 2.00 bits per heavy atom. The van der Waals surface area contributed by atoms with E-state index in [1.54, 1.807) is 0 Å². The highest BCUT2D eigenvalue weighted by Crippen LogP contribution is 2.34. The van der Waals surface area contributed by atoms with Crippen molar-refractivity contribution in [3.63, 3.8) is 0 Å². The fraction of sp³-hybridized carbons (Fsp3) is 0.500. The molecule has 2 N–H and O–H groups in total. The van der Waals surface area contributed by atoms with E-state index < -0.39 is 0 Å². The Kier molecular flexibility index (Phi) is 3.09. The molecule has 1 atom stereocenters. The number of aliphatic imine (C=N–C) groups is 1. The minimum absolute atomic E-state index is 0.0585. The van der Waals surface area contributed by atoms with Crippen LogP contribution in [0.15, 0.2) is 29.3 Å². The highest BCUT2D eigenvalue weighted by atomic mass is 16.5. The predicted molar refractivity (Wildman–Crippen MR) is 71.7 cm³/mol. The van der Waals surface area contributed by atoms with Crippen LogP contribution in [0.1, 0.15) is 30.9 Å². The summed E-state index contributed by atoms with van der Waals surface area (Å²) in [7, 11) is 0. The molecule has 96 valence electrons. The van der Waals surface area contributed by atoms with Gasteiger partial charge in [-0.3, -0.25) is 0 Å². The van der Waals surface area contributed by atoms with Crippen molar-refractivity contribution in [1.82, 2.24) is 4.90 Å². The normalized spacial score (nSPS) is 23.7. The SMILES string of the molecule is NC(=NC1COc2ccccc21)N1CCCCC1. The lowest BCUT2D eigenvalue weighted by Gasteiger charge is -2.28. The molecule has 1 aromatic carbocycles. The lowest BCUT2D eigenvalue weighted by Crippen LogP contribution is -2.41. The summed E-state index contributed by atoms with van der Waals surface area (Å²) in [4.78, 5) is 6.82. The summed E-state index contributed by atoms with van der Waals surface area (Å²) in [6, 6.07) is 8.12. The number of likely N-dealkylation sites (tertiary alicyclic amines) is 1. The van der Waals surface area contributed by atoms with E-state index in [-0.39, 0.29) is 6.04 Å². The van der Waals surface area contributed by atoms with Crippen LogP contribution in [0.4, 0.5) is 0 Å². The van der Waals surface area contributed by atoms with Crippen molar-refractivity contribution in [2.45, 2.75) is 25.3 Å². The number of benzene rings is 1. The quantitative estimate of drug-likeness (QED) is 0.607. The second-order valence-electron chi connectivity index (χ2n) is 4.90. The average Bonchev–Trinajstić information content (AvgIpc) is 2.83. The smallest absolute Gasteiger partial charge is 0.191 e. The maximum absolute atomic E-state index is 6.11. The molecule has 0 amide bonds. The van der Waals surface area contributed by atoms with Gasteiger partial charge >= 0.3 is 0 Å². The van der Waals surface area contributed by atoms with Crippen LogP contribution in [0.5, 0.6) is 5.75 Å². The molecule has 2 heterocycles. The van der Waals surface area contributed by atoms with Crippen molar-refractivity contribution in [2.75, 3.05) is 19.7 Å². The first-order valence-electron chi connectivity index (χ1n) is 6.64. The summed E-state index contributed by atoms with van der Waals surface area (Å²) in [5.74, 6) is 1.61. The molecule has 1 aromatic rings. The first-order chi connectivity index (χ1) is 8.84. The number of ether oxygens (including phenoxy) is 1. The molecule has 1 fully saturated rings. The maximum atomic E-state index is 6.11. The van der Waals surface area contributed by atoms with Crippen LogP contribution < -0.4 is 10.5 Å². The molecule has 0 radical (unpaired) electrons. The molecule has 3 rings (SSSR count). The Balaban J connectivity index is 1.76. The van der Waals surface area contributed by atoms with Gasteiger partial charge in [0.15, 0.2) is 5.96 Å². The summed E-state index contributed by atoms with van der Waals surface area (Å²) in [5, 5.41) is 0. The number of nitrogens with zero attached hydrogens (tertiary/aromatic N) is 2. The van der Waals surface area contributed by atoms with E-state index in [9.17, 15) is 0 Å². The fourth-order valence-corrected chi connectivity index (χ4v) is 2.62. The summed E-state index contributed by atoms with van der Waals surface area (Å²) in [6.45, 7) is 2.67. The Labute approximate surface area is 107 Å². The molecule has 0 spiro atoms. The third kappa shape index (κ3) is 2.15. The largest absolute Gasteiger partial charge is 0.491 e. The van der Waals surface area contributed by atoms with Crippen molar-refractivity contribution < 1.29 is 4.74 Å². The minimum atomic E-state index is 0.0585. The van der Waals surface area contributed by atoms with Crippen molar-refractivity contribution in [1.29, 1.82) is 0 Å². The fourth-order valence-electron chi connectivity index (χ4n) is 2.62. The van der Waals surface area contributed by atoms with Gasteiger partial charge in [-0.2, -0.15) is 0 Å². The van der Waals surface area contributed by atoms with Crippen LogP contribution >= 0.6 is 0 Å². The number of para-hydroxylation sites is 1. The van der Waals surface area contributed by atoms with Crippen LogP contribution in [0.2, 0.25) is 0 Å². The van der Waals surface area contributed by atoms with Gasteiger partial charge in [-0.1, -0.05) is 18.2 Å². The van der Waals surface area contributed by atoms with Crippen LogP contribution in [0.3, 0.4) is 0 Å². The average molecular weight is 245 g/mol. The Morgan fingerprint density at radius 1 is 1.22 bits per heavy atom. The van der Waals surface area contributed by atoms with Gasteiger partial charge in [0.2, 0.25) is 0 Å². The van der Waals surface area contributed by atoms with Crippen molar-refractivity contribution >= 4 is 5.96 Å². The van der Waals surface area contributed by atoms with Crippen LogP contribution in [0, 0.1) is 0 Å². The summed E-state index contributed by atoms with van der Waals surface area (Å²) in [6.07, 6.45) is 3.74. The van der Waals surface area contributed by atoms with E-state index in [2.05, 4.69) is 16.0 Å². The molecule has 4 heteroatoms. The highest BCUT2D eigenvalue weighted by Gasteiger charge is 2.24. The zero-order valence-electron chi connectivity index (χ0n) is 10.5. The first-order valence-corrected chi connectivity index (χ1v) is 6.64. The number of rotatable bonds is 1. The third-order valence-corrected chi connectivity index (χ3v) is 3.64. The molecule has 2 aliphatic rings. The van der Waals surface area contributed by atoms with E-state index in [0.29, 0.717) is 12.6 Å². The molecule has 0 bridgehead atoms. The Morgan fingerprint density at radius 3 is 2.83 bits per heavy atom. The number of fused-ring (bicyclic) bond motifs is 1. The summed E-state index contributed by atoms with van der Waals surface area (Å²) in [5.41, 5.74) is 7.26. The molecule has 4 nitrogen and oxygen atoms in total. The maximum Gasteiger partial charge on any atom is 0.191 e. The van der Waals surface area contributed by atoms with Crippen LogP contribution in [0.25, 0.3) is 0 Å². The van der Waals surface area contributed by atoms with E-state index in [1.807, 2.05) is 18.2 Å². The molecule has 18 heavy (non-hydrogen) atoms. The third-order valence-electron chi connectivity index (χ3n) is 3.64. The van der Waals surface area contributed by atoms with Gasteiger partial charge in [0.1, 0.15) is 18.4 Å². The standard InChI is InChI=1S/C14H19N3O/c15-14(17-8-4-1-5-9-17)16-12-10-18-13-7-3-2-6-11(12)13/h2-3,6-7,12H,1,4-5,8-10H2,(H2,15,16). The number of guanidine groups is 1. The Bertz CT molecular complexity index is 452. The molecule has 1 saturated heterocycles. The van der Waals surface area contributed by atoms with Gasteiger partial charge in [0.05, 0.1) is 0 Å². The van der Waals surface area contributed by atoms with E-state index in [0.717, 1.165) is 24.4 Å². The molecule has 0 aromatic heterocycles. The Hall–Kier alpha value is -1.71. The van der Waals surface area contributed by atoms with Gasteiger partial charge < -0.3 is 15.4 Å². The highest BCUT2D eigenvalue weighted by molar-refractivity contribution is 5.78. The molecule has 2 aliphatic heterocycles. The van der Waals surface area contributed by atoms with Gasteiger partial charge in [-0.25, -0.2) is 4.99 Å². The van der Waals surface area contributed by atoms with Crippen molar-refractivity contribution in [2.24, 2.45) is 10.7 Å². The molecule has 1 unspecified atom stereocenters. The number of hydrogen-bond donors (Lipinski definition) is 1. The first kappa shape index (κ1) is 11.4. The molecular weight excluding hydrogens is 226 g/mol. The lowest BCUT2D eigenvalue weighted by atomic mass is 10.1. The van der Waals surface area contributed by atoms with Crippen molar-refractivity contribution in [3.05, 3.63) is 29.8 Å². The van der Waals surface area contributed by atoms with Crippen molar-refractivity contribution in [3.8, 4) is 5.75 Å². The van der Waals surface area contributed by atoms with Gasteiger partial charge in [0.25, 0.3) is 0 Å². The number of hydrogen-bond acceptors (Lipinski definition) is 2. The number of nitrogens with two attached hydrogens (primary N) is 1. The van der Waals surface area contributed by atoms with Crippen LogP contribution in [-0.2, 0) is 0 Å². The van der Waals surface area contributed by atoms with Gasteiger partial charge in [-0.15, -0.1) is 0 Å². The zero-order valence-corrected chi connectivity index (χ0v) is 10.5. The summed E-state index contributed by atoms with van der Waals surface area (Å²) >= 11 is 0. The number of piperidine rings is 1. The minimum Gasteiger partial charge on any atom is -0.491 e. The van der Waals surface area contributed by atoms with E-state index in [1.165, 1.54) is 19.3 Å². The second-order valence-corrected chi connectivity index (χ2v) is 4.90. The lowest BCUT2D eigenvalue weighted by molar-refractivity contribution is 0.321. The van der Waals surface area contributed by atoms with Gasteiger partial charge in [-0.05, 0) is 25.3 Å². The zero-order chi connectivity index (χ0) is 12.4. The summed E-state index contributed by atoms with van der Waals surface area (Å²) < 4.78 is 5.62. The topological polar surface area (TPSA) is 50.9 Å². The predicted octanol–water partition coefficient (Wildman–Crippen LogP) is 1.92.